The van der Waals surface area contributed by atoms with Gasteiger partial charge in [0.1, 0.15) is 0 Å². The third kappa shape index (κ3) is 6.56. The fourth-order valence-electron chi connectivity index (χ4n) is 1.50. The molecule has 1 rings (SSSR count). The molecule has 4 heteroatoms. The van der Waals surface area contributed by atoms with E-state index in [2.05, 4.69) is 6.92 Å². The van der Waals surface area contributed by atoms with Crippen molar-refractivity contribution in [3.05, 3.63) is 21.8 Å². The fourth-order valence-corrected chi connectivity index (χ4v) is 2.22. The van der Waals surface area contributed by atoms with E-state index in [4.69, 9.17) is 0 Å². The van der Waals surface area contributed by atoms with Crippen molar-refractivity contribution in [1.82, 2.24) is 3.96 Å². The summed E-state index contributed by atoms with van der Waals surface area (Å²) in [6, 6.07) is 1.64. The van der Waals surface area contributed by atoms with Gasteiger partial charge in [-0.1, -0.05) is 50.6 Å². The van der Waals surface area contributed by atoms with Gasteiger partial charge in [-0.3, -0.25) is 8.75 Å². The van der Waals surface area contributed by atoms with E-state index in [0.29, 0.717) is 0 Å². The summed E-state index contributed by atoms with van der Waals surface area (Å²) in [4.78, 5) is 11.2. The van der Waals surface area contributed by atoms with E-state index in [1.807, 2.05) is 9.34 Å². The number of unbranched alkanes of at least 4 members (excludes halogenated alkanes) is 5. The molecule has 0 saturated heterocycles. The molecule has 0 saturated carbocycles. The van der Waals surface area contributed by atoms with Gasteiger partial charge in [-0.2, -0.15) is 0 Å². The van der Waals surface area contributed by atoms with Crippen LogP contribution in [0.4, 0.5) is 0 Å². The molecule has 15 heavy (non-hydrogen) atoms. The second kappa shape index (κ2) is 9.64. The van der Waals surface area contributed by atoms with Crippen molar-refractivity contribution in [3.63, 3.8) is 0 Å². The standard InChI is InChI=1S/C11H19NOS.Na.H/c1-2-3-4-5-6-7-9-12-11(13)8-10-14-12;;/h8,10H,2-7,9H2,1H3;;/q;+1;-1. The summed E-state index contributed by atoms with van der Waals surface area (Å²) < 4.78 is 1.83. The van der Waals surface area contributed by atoms with Gasteiger partial charge in [0.05, 0.1) is 0 Å². The van der Waals surface area contributed by atoms with Crippen LogP contribution < -0.4 is 35.1 Å². The van der Waals surface area contributed by atoms with Gasteiger partial charge in [0, 0.05) is 18.0 Å². The summed E-state index contributed by atoms with van der Waals surface area (Å²) in [6.07, 6.45) is 7.70. The summed E-state index contributed by atoms with van der Waals surface area (Å²) in [5.74, 6) is 0. The molecule has 2 nitrogen and oxygen atoms in total. The molecule has 0 bridgehead atoms. The van der Waals surface area contributed by atoms with Crippen molar-refractivity contribution >= 4 is 11.5 Å². The normalized spacial score (nSPS) is 9.93. The molecule has 0 fully saturated rings. The Morgan fingerprint density at radius 2 is 1.93 bits per heavy atom. The Morgan fingerprint density at radius 3 is 2.53 bits per heavy atom. The summed E-state index contributed by atoms with van der Waals surface area (Å²) in [7, 11) is 0. The second-order valence-electron chi connectivity index (χ2n) is 3.62. The number of hydrogen-bond acceptors (Lipinski definition) is 2. The number of aryl methyl sites for hydroxylation is 1. The largest absolute Gasteiger partial charge is 1.00 e. The predicted octanol–water partition coefficient (Wildman–Crippen LogP) is 0.387. The minimum atomic E-state index is 0. The number of nitrogens with zero attached hydrogens (tertiary/aromatic N) is 1. The van der Waals surface area contributed by atoms with Crippen molar-refractivity contribution in [2.45, 2.75) is 52.0 Å². The van der Waals surface area contributed by atoms with Crippen LogP contribution in [0.1, 0.15) is 46.9 Å². The third-order valence-electron chi connectivity index (χ3n) is 2.36. The first-order chi connectivity index (χ1) is 6.84. The number of rotatable bonds is 7. The van der Waals surface area contributed by atoms with Crippen molar-refractivity contribution in [2.75, 3.05) is 0 Å². The predicted molar refractivity (Wildman–Crippen MR) is 63.1 cm³/mol. The van der Waals surface area contributed by atoms with Crippen LogP contribution in [0.25, 0.3) is 0 Å². The summed E-state index contributed by atoms with van der Waals surface area (Å²) in [5.41, 5.74) is 0.156. The Bertz CT molecular complexity index is 300. The average Bonchev–Trinajstić information content (AvgIpc) is 2.58. The molecule has 82 valence electrons. The van der Waals surface area contributed by atoms with E-state index in [0.717, 1.165) is 13.0 Å². The van der Waals surface area contributed by atoms with Gasteiger partial charge in [0.2, 0.25) is 0 Å². The molecule has 0 radical (unpaired) electrons. The quantitative estimate of drug-likeness (QED) is 0.496. The van der Waals surface area contributed by atoms with Gasteiger partial charge < -0.3 is 1.43 Å². The fraction of sp³-hybridized carbons (Fsp3) is 0.727. The minimum Gasteiger partial charge on any atom is -1.00 e. The van der Waals surface area contributed by atoms with Gasteiger partial charge in [-0.25, -0.2) is 0 Å². The maximum atomic E-state index is 11.2. The topological polar surface area (TPSA) is 22.0 Å². The molecule has 0 spiro atoms. The minimum absolute atomic E-state index is 0. The monoisotopic (exact) mass is 237 g/mol. The molecule has 0 aliphatic heterocycles. The first-order valence-electron chi connectivity index (χ1n) is 5.49. The zero-order chi connectivity index (χ0) is 10.2. The van der Waals surface area contributed by atoms with Crippen LogP contribution in [0.3, 0.4) is 0 Å². The molecule has 0 unspecified atom stereocenters. The Morgan fingerprint density at radius 1 is 1.27 bits per heavy atom. The SMILES string of the molecule is CCCCCCCCn1sccc1=O.[H-].[Na+]. The van der Waals surface area contributed by atoms with Crippen molar-refractivity contribution < 1.29 is 31.0 Å². The molecule has 0 aliphatic carbocycles. The van der Waals surface area contributed by atoms with Crippen LogP contribution in [-0.2, 0) is 6.54 Å². The van der Waals surface area contributed by atoms with Crippen molar-refractivity contribution in [2.24, 2.45) is 0 Å². The molecule has 1 aromatic heterocycles. The van der Waals surface area contributed by atoms with Crippen LogP contribution >= 0.6 is 11.5 Å². The number of hydrogen-bond donors (Lipinski definition) is 0. The Balaban J connectivity index is 0. The van der Waals surface area contributed by atoms with Gasteiger partial charge >= 0.3 is 29.6 Å². The van der Waals surface area contributed by atoms with Crippen LogP contribution in [0.2, 0.25) is 0 Å². The van der Waals surface area contributed by atoms with E-state index >= 15 is 0 Å². The Hall–Kier alpha value is 0.430. The molecule has 0 amide bonds. The first-order valence-corrected chi connectivity index (χ1v) is 6.33. The van der Waals surface area contributed by atoms with Gasteiger partial charge in [0.25, 0.3) is 5.56 Å². The smallest absolute Gasteiger partial charge is 1.00 e. The summed E-state index contributed by atoms with van der Waals surface area (Å²) >= 11 is 1.52. The van der Waals surface area contributed by atoms with Crippen molar-refractivity contribution in [1.29, 1.82) is 0 Å². The molecule has 1 aromatic rings. The third-order valence-corrected chi connectivity index (χ3v) is 3.23. The van der Waals surface area contributed by atoms with Crippen LogP contribution in [0.5, 0.6) is 0 Å². The van der Waals surface area contributed by atoms with E-state index in [-0.39, 0.29) is 36.5 Å². The van der Waals surface area contributed by atoms with Gasteiger partial charge in [-0.15, -0.1) is 0 Å². The van der Waals surface area contributed by atoms with Crippen LogP contribution in [0.15, 0.2) is 16.2 Å². The molecule has 0 aromatic carbocycles. The molecular weight excluding hydrogens is 217 g/mol. The van der Waals surface area contributed by atoms with Crippen LogP contribution in [-0.4, -0.2) is 3.96 Å². The Labute approximate surface area is 120 Å². The summed E-state index contributed by atoms with van der Waals surface area (Å²) in [5, 5.41) is 1.86. The van der Waals surface area contributed by atoms with E-state index < -0.39 is 0 Å². The maximum absolute atomic E-state index is 11.2. The van der Waals surface area contributed by atoms with Crippen molar-refractivity contribution in [3.8, 4) is 0 Å². The molecular formula is C11H20NNaOS. The van der Waals surface area contributed by atoms with Gasteiger partial charge in [0.15, 0.2) is 0 Å². The van der Waals surface area contributed by atoms with Gasteiger partial charge in [-0.05, 0) is 6.42 Å². The molecule has 1 heterocycles. The zero-order valence-electron chi connectivity index (χ0n) is 10.9. The molecule has 0 atom stereocenters. The van der Waals surface area contributed by atoms with E-state index in [9.17, 15) is 4.79 Å². The average molecular weight is 237 g/mol. The zero-order valence-corrected chi connectivity index (χ0v) is 12.7. The van der Waals surface area contributed by atoms with E-state index in [1.165, 1.54) is 43.6 Å². The maximum Gasteiger partial charge on any atom is 1.00 e. The first kappa shape index (κ1) is 15.4. The molecule has 0 aliphatic rings. The second-order valence-corrected chi connectivity index (χ2v) is 4.54. The number of aromatic nitrogens is 1. The van der Waals surface area contributed by atoms with Crippen LogP contribution in [0, 0.1) is 0 Å². The Kier molecular flexibility index (Phi) is 9.92. The molecule has 0 N–H and O–H groups in total. The summed E-state index contributed by atoms with van der Waals surface area (Å²) in [6.45, 7) is 3.13. The van der Waals surface area contributed by atoms with E-state index in [1.54, 1.807) is 6.07 Å².